The summed E-state index contributed by atoms with van der Waals surface area (Å²) >= 11 is 4.67. The van der Waals surface area contributed by atoms with E-state index >= 15 is 0 Å². The summed E-state index contributed by atoms with van der Waals surface area (Å²) in [6.45, 7) is 2.44. The summed E-state index contributed by atoms with van der Waals surface area (Å²) in [4.78, 5) is 18.3. The van der Waals surface area contributed by atoms with E-state index in [1.165, 1.54) is 29.2 Å². The van der Waals surface area contributed by atoms with E-state index in [2.05, 4.69) is 44.0 Å². The summed E-state index contributed by atoms with van der Waals surface area (Å²) in [7, 11) is 0. The van der Waals surface area contributed by atoms with Gasteiger partial charge in [0.1, 0.15) is 11.1 Å². The van der Waals surface area contributed by atoms with Gasteiger partial charge in [-0.1, -0.05) is 46.3 Å². The van der Waals surface area contributed by atoms with Crippen LogP contribution < -0.4 is 0 Å². The standard InChI is InChI=1S/C22H17BrN4O3S/c23-16-8-15(21(28)19(9-16)27(29)30)11-25-22-18(10-24)17-6-7-26(13-20(17)31-22)12-14-4-2-1-3-5-14/h1-5,8-9,11,28H,6-7,12-13H2/b25-11-. The van der Waals surface area contributed by atoms with Gasteiger partial charge in [0.2, 0.25) is 5.75 Å². The molecule has 1 aromatic heterocycles. The van der Waals surface area contributed by atoms with Crippen molar-refractivity contribution < 1.29 is 10.0 Å². The first-order chi connectivity index (χ1) is 15.0. The van der Waals surface area contributed by atoms with Gasteiger partial charge in [0, 0.05) is 46.8 Å². The van der Waals surface area contributed by atoms with E-state index < -0.39 is 16.4 Å². The van der Waals surface area contributed by atoms with E-state index in [-0.39, 0.29) is 5.56 Å². The van der Waals surface area contributed by atoms with Gasteiger partial charge >= 0.3 is 5.69 Å². The number of nitrogens with zero attached hydrogens (tertiary/aromatic N) is 4. The minimum Gasteiger partial charge on any atom is -0.502 e. The first kappa shape index (κ1) is 21.2. The Morgan fingerprint density at radius 3 is 2.84 bits per heavy atom. The second-order valence-corrected chi connectivity index (χ2v) is 9.12. The fraction of sp³-hybridized carbons (Fsp3) is 0.182. The number of phenolic OH excluding ortho intramolecular Hbond substituents is 1. The van der Waals surface area contributed by atoms with E-state index in [0.717, 1.165) is 36.5 Å². The van der Waals surface area contributed by atoms with Crippen LogP contribution in [-0.2, 0) is 19.5 Å². The second-order valence-electron chi connectivity index (χ2n) is 7.12. The molecule has 9 heteroatoms. The third-order valence-corrected chi connectivity index (χ3v) is 6.66. The average Bonchev–Trinajstić information content (AvgIpc) is 3.11. The van der Waals surface area contributed by atoms with Gasteiger partial charge in [-0.15, -0.1) is 11.3 Å². The van der Waals surface area contributed by atoms with Gasteiger partial charge in [0.25, 0.3) is 0 Å². The highest BCUT2D eigenvalue weighted by Crippen LogP contribution is 2.39. The molecule has 156 valence electrons. The number of nitro groups is 1. The number of phenols is 1. The molecule has 0 amide bonds. The van der Waals surface area contributed by atoms with Crippen LogP contribution in [0.3, 0.4) is 0 Å². The Morgan fingerprint density at radius 2 is 2.13 bits per heavy atom. The zero-order chi connectivity index (χ0) is 22.0. The topological polar surface area (TPSA) is 103 Å². The first-order valence-electron chi connectivity index (χ1n) is 9.48. The number of nitriles is 1. The first-order valence-corrected chi connectivity index (χ1v) is 11.1. The number of fused-ring (bicyclic) bond motifs is 1. The number of hydrogen-bond donors (Lipinski definition) is 1. The molecule has 0 unspecified atom stereocenters. The van der Waals surface area contributed by atoms with Gasteiger partial charge in [-0.3, -0.25) is 15.0 Å². The van der Waals surface area contributed by atoms with Crippen LogP contribution in [0.15, 0.2) is 51.9 Å². The van der Waals surface area contributed by atoms with Gasteiger partial charge in [-0.05, 0) is 23.6 Å². The Hall–Kier alpha value is -3.06. The van der Waals surface area contributed by atoms with E-state index in [1.54, 1.807) is 6.07 Å². The SMILES string of the molecule is N#Cc1c(/N=C\c2cc(Br)cc([N+](=O)[O-])c2O)sc2c1CCN(Cc1ccccc1)C2. The largest absolute Gasteiger partial charge is 0.502 e. The normalized spacial score (nSPS) is 13.8. The van der Waals surface area contributed by atoms with Gasteiger partial charge < -0.3 is 5.11 Å². The van der Waals surface area contributed by atoms with Crippen LogP contribution in [-0.4, -0.2) is 27.7 Å². The fourth-order valence-corrected chi connectivity index (χ4v) is 5.24. The van der Waals surface area contributed by atoms with E-state index in [1.807, 2.05) is 18.2 Å². The fourth-order valence-electron chi connectivity index (χ4n) is 3.60. The molecule has 0 saturated heterocycles. The number of halogens is 1. The quantitative estimate of drug-likeness (QED) is 0.293. The van der Waals surface area contributed by atoms with Gasteiger partial charge in [0.05, 0.1) is 10.5 Å². The molecular formula is C22H17BrN4O3S. The summed E-state index contributed by atoms with van der Waals surface area (Å²) in [5, 5.41) is 31.6. The zero-order valence-corrected chi connectivity index (χ0v) is 18.7. The molecular weight excluding hydrogens is 480 g/mol. The van der Waals surface area contributed by atoms with Crippen LogP contribution in [0.25, 0.3) is 0 Å². The average molecular weight is 497 g/mol. The zero-order valence-electron chi connectivity index (χ0n) is 16.3. The summed E-state index contributed by atoms with van der Waals surface area (Å²) < 4.78 is 0.459. The summed E-state index contributed by atoms with van der Waals surface area (Å²) in [5.74, 6) is -0.453. The Morgan fingerprint density at radius 1 is 1.35 bits per heavy atom. The van der Waals surface area contributed by atoms with Crippen molar-refractivity contribution in [3.63, 3.8) is 0 Å². The van der Waals surface area contributed by atoms with Crippen LogP contribution in [0, 0.1) is 21.4 Å². The van der Waals surface area contributed by atoms with Crippen molar-refractivity contribution in [2.24, 2.45) is 4.99 Å². The Labute approximate surface area is 191 Å². The third-order valence-electron chi connectivity index (χ3n) is 5.08. The molecule has 0 bridgehead atoms. The minimum absolute atomic E-state index is 0.210. The molecule has 0 atom stereocenters. The van der Waals surface area contributed by atoms with E-state index in [4.69, 9.17) is 0 Å². The highest BCUT2D eigenvalue weighted by atomic mass is 79.9. The number of aromatic hydroxyl groups is 1. The lowest BCUT2D eigenvalue weighted by molar-refractivity contribution is -0.385. The number of nitro benzene ring substituents is 1. The highest BCUT2D eigenvalue weighted by molar-refractivity contribution is 9.10. The van der Waals surface area contributed by atoms with Crippen molar-refractivity contribution in [1.82, 2.24) is 4.90 Å². The molecule has 1 N–H and O–H groups in total. The Kier molecular flexibility index (Phi) is 6.13. The molecule has 0 saturated carbocycles. The molecule has 0 aliphatic carbocycles. The van der Waals surface area contributed by atoms with Crippen molar-refractivity contribution in [3.05, 3.63) is 84.2 Å². The number of thiophene rings is 1. The van der Waals surface area contributed by atoms with Crippen LogP contribution in [0.4, 0.5) is 10.7 Å². The lowest BCUT2D eigenvalue weighted by atomic mass is 10.0. The molecule has 1 aliphatic rings. The van der Waals surface area contributed by atoms with Gasteiger partial charge in [-0.25, -0.2) is 4.99 Å². The second kappa shape index (κ2) is 8.98. The Balaban J connectivity index is 1.61. The van der Waals surface area contributed by atoms with E-state index in [0.29, 0.717) is 15.0 Å². The third kappa shape index (κ3) is 4.51. The predicted octanol–water partition coefficient (Wildman–Crippen LogP) is 5.30. The lowest BCUT2D eigenvalue weighted by Crippen LogP contribution is -2.29. The van der Waals surface area contributed by atoms with Crippen molar-refractivity contribution >= 4 is 44.2 Å². The molecule has 2 aromatic carbocycles. The van der Waals surface area contributed by atoms with Crippen LogP contribution in [0.5, 0.6) is 5.75 Å². The molecule has 0 radical (unpaired) electrons. The molecule has 31 heavy (non-hydrogen) atoms. The summed E-state index contributed by atoms with van der Waals surface area (Å²) in [6, 6.07) is 15.3. The van der Waals surface area contributed by atoms with Crippen molar-refractivity contribution in [1.29, 1.82) is 5.26 Å². The smallest absolute Gasteiger partial charge is 0.312 e. The Bertz CT molecular complexity index is 1220. The monoisotopic (exact) mass is 496 g/mol. The maximum absolute atomic E-state index is 11.1. The molecule has 4 rings (SSSR count). The molecule has 1 aliphatic heterocycles. The highest BCUT2D eigenvalue weighted by Gasteiger charge is 2.24. The number of benzene rings is 2. The van der Waals surface area contributed by atoms with Crippen LogP contribution >= 0.6 is 27.3 Å². The predicted molar refractivity (Wildman–Crippen MR) is 123 cm³/mol. The van der Waals surface area contributed by atoms with Gasteiger partial charge in [0.15, 0.2) is 0 Å². The van der Waals surface area contributed by atoms with Gasteiger partial charge in [-0.2, -0.15) is 5.26 Å². The maximum Gasteiger partial charge on any atom is 0.312 e. The van der Waals surface area contributed by atoms with Crippen LogP contribution in [0.2, 0.25) is 0 Å². The van der Waals surface area contributed by atoms with Crippen molar-refractivity contribution in [2.75, 3.05) is 6.54 Å². The number of aliphatic imine (C=N–C) groups is 1. The minimum atomic E-state index is -0.649. The maximum atomic E-state index is 11.1. The molecule has 0 spiro atoms. The van der Waals surface area contributed by atoms with Crippen LogP contribution in [0.1, 0.15) is 27.1 Å². The molecule has 3 aromatic rings. The molecule has 7 nitrogen and oxygen atoms in total. The summed E-state index contributed by atoms with van der Waals surface area (Å²) in [6.07, 6.45) is 2.14. The van der Waals surface area contributed by atoms with Crippen molar-refractivity contribution in [3.8, 4) is 11.8 Å². The molecule has 0 fully saturated rings. The lowest BCUT2D eigenvalue weighted by Gasteiger charge is -2.26. The number of hydrogen-bond acceptors (Lipinski definition) is 7. The number of rotatable bonds is 5. The summed E-state index contributed by atoms with van der Waals surface area (Å²) in [5.41, 5.74) is 2.61. The van der Waals surface area contributed by atoms with E-state index in [9.17, 15) is 20.5 Å². The van der Waals surface area contributed by atoms with Crippen molar-refractivity contribution in [2.45, 2.75) is 19.5 Å². The molecule has 2 heterocycles.